The number of pyridine rings is 1. The van der Waals surface area contributed by atoms with E-state index < -0.39 is 0 Å². The third kappa shape index (κ3) is 4.73. The number of hydrogen-bond acceptors (Lipinski definition) is 2. The molecular formula is C14H22N2O2. The van der Waals surface area contributed by atoms with Gasteiger partial charge in [-0.2, -0.15) is 4.73 Å². The molecule has 0 saturated carbocycles. The number of carbonyl (C=O) groups is 1. The molecular weight excluding hydrogens is 228 g/mol. The summed E-state index contributed by atoms with van der Waals surface area (Å²) in [6.45, 7) is 10.4. The molecule has 1 aromatic rings. The van der Waals surface area contributed by atoms with Crippen molar-refractivity contribution in [1.82, 2.24) is 5.32 Å². The lowest BCUT2D eigenvalue weighted by molar-refractivity contribution is -0.605. The molecule has 0 aliphatic carbocycles. The molecule has 0 unspecified atom stereocenters. The summed E-state index contributed by atoms with van der Waals surface area (Å²) < 4.78 is 0.664. The van der Waals surface area contributed by atoms with Crippen molar-refractivity contribution >= 4 is 5.91 Å². The minimum Gasteiger partial charge on any atom is -0.619 e. The van der Waals surface area contributed by atoms with E-state index in [9.17, 15) is 10.0 Å². The second kappa shape index (κ2) is 4.96. The van der Waals surface area contributed by atoms with Crippen LogP contribution in [0.25, 0.3) is 0 Å². The van der Waals surface area contributed by atoms with Crippen LogP contribution in [0.1, 0.15) is 51.4 Å². The second-order valence-electron chi connectivity index (χ2n) is 6.52. The maximum Gasteiger partial charge on any atom is 0.252 e. The highest BCUT2D eigenvalue weighted by molar-refractivity contribution is 5.94. The van der Waals surface area contributed by atoms with Crippen LogP contribution in [0.15, 0.2) is 24.5 Å². The van der Waals surface area contributed by atoms with Gasteiger partial charge in [-0.05, 0) is 25.7 Å². The number of nitrogens with one attached hydrogen (secondary N) is 1. The van der Waals surface area contributed by atoms with E-state index in [4.69, 9.17) is 0 Å². The summed E-state index contributed by atoms with van der Waals surface area (Å²) in [4.78, 5) is 12.0. The van der Waals surface area contributed by atoms with Crippen molar-refractivity contribution in [1.29, 1.82) is 0 Å². The summed E-state index contributed by atoms with van der Waals surface area (Å²) >= 11 is 0. The number of nitrogens with zero attached hydrogens (tertiary/aromatic N) is 1. The van der Waals surface area contributed by atoms with Crippen molar-refractivity contribution in [3.05, 3.63) is 35.3 Å². The molecule has 0 saturated heterocycles. The topological polar surface area (TPSA) is 56.0 Å². The van der Waals surface area contributed by atoms with Crippen LogP contribution in [0.5, 0.6) is 0 Å². The van der Waals surface area contributed by atoms with Gasteiger partial charge in [0.1, 0.15) is 0 Å². The van der Waals surface area contributed by atoms with Gasteiger partial charge in [-0.25, -0.2) is 0 Å². The fourth-order valence-corrected chi connectivity index (χ4v) is 2.31. The molecule has 100 valence electrons. The van der Waals surface area contributed by atoms with E-state index in [1.807, 2.05) is 13.8 Å². The van der Waals surface area contributed by atoms with Crippen molar-refractivity contribution in [3.8, 4) is 0 Å². The SMILES string of the molecule is CC(C)(C)CC(C)(C)NC(=O)c1cc[n+]([O-])cc1. The Balaban J connectivity index is 2.72. The molecule has 4 nitrogen and oxygen atoms in total. The molecule has 0 fully saturated rings. The number of amides is 1. The molecule has 4 heteroatoms. The van der Waals surface area contributed by atoms with E-state index >= 15 is 0 Å². The first kappa shape index (κ1) is 14.5. The first-order valence-electron chi connectivity index (χ1n) is 6.10. The minimum atomic E-state index is -0.279. The van der Waals surface area contributed by atoms with E-state index in [1.165, 1.54) is 24.5 Å². The van der Waals surface area contributed by atoms with Gasteiger partial charge in [0.05, 0.1) is 5.56 Å². The lowest BCUT2D eigenvalue weighted by atomic mass is 9.81. The van der Waals surface area contributed by atoms with Gasteiger partial charge < -0.3 is 10.5 Å². The Bertz CT molecular complexity index is 416. The zero-order valence-corrected chi connectivity index (χ0v) is 11.8. The molecule has 1 amide bonds. The van der Waals surface area contributed by atoms with Crippen LogP contribution in [0, 0.1) is 10.6 Å². The molecule has 1 heterocycles. The molecule has 1 aromatic heterocycles. The van der Waals surface area contributed by atoms with Crippen molar-refractivity contribution in [2.24, 2.45) is 5.41 Å². The molecule has 1 rings (SSSR count). The Morgan fingerprint density at radius 2 is 1.72 bits per heavy atom. The standard InChI is InChI=1S/C14H22N2O2/c1-13(2,3)10-14(4,5)15-12(17)11-6-8-16(18)9-7-11/h6-9H,10H2,1-5H3,(H,15,17). The molecule has 0 spiro atoms. The molecule has 0 atom stereocenters. The van der Waals surface area contributed by atoms with Crippen molar-refractivity contribution in [2.75, 3.05) is 0 Å². The second-order valence-corrected chi connectivity index (χ2v) is 6.52. The summed E-state index contributed by atoms with van der Waals surface area (Å²) in [6.07, 6.45) is 3.53. The van der Waals surface area contributed by atoms with Gasteiger partial charge in [0.2, 0.25) is 0 Å². The van der Waals surface area contributed by atoms with E-state index in [0.717, 1.165) is 6.42 Å². The third-order valence-corrected chi connectivity index (χ3v) is 2.49. The lowest BCUT2D eigenvalue weighted by Gasteiger charge is -2.33. The van der Waals surface area contributed by atoms with Gasteiger partial charge in [-0.15, -0.1) is 0 Å². The first-order chi connectivity index (χ1) is 8.09. The summed E-state index contributed by atoms with van der Waals surface area (Å²) in [7, 11) is 0. The van der Waals surface area contributed by atoms with Gasteiger partial charge >= 0.3 is 0 Å². The van der Waals surface area contributed by atoms with Gasteiger partial charge in [0, 0.05) is 17.7 Å². The van der Waals surface area contributed by atoms with Gasteiger partial charge in [-0.1, -0.05) is 20.8 Å². The highest BCUT2D eigenvalue weighted by atomic mass is 16.5. The summed E-state index contributed by atoms with van der Waals surface area (Å²) in [5.41, 5.74) is 0.369. The maximum absolute atomic E-state index is 12.0. The Labute approximate surface area is 109 Å². The molecule has 0 aromatic carbocycles. The predicted molar refractivity (Wildman–Crippen MR) is 71.0 cm³/mol. The Morgan fingerprint density at radius 1 is 1.22 bits per heavy atom. The number of hydrogen-bond donors (Lipinski definition) is 1. The van der Waals surface area contributed by atoms with E-state index in [2.05, 4.69) is 26.1 Å². The van der Waals surface area contributed by atoms with E-state index in [1.54, 1.807) is 0 Å². The highest BCUT2D eigenvalue weighted by Gasteiger charge is 2.27. The smallest absolute Gasteiger partial charge is 0.252 e. The van der Waals surface area contributed by atoms with Gasteiger partial charge in [0.15, 0.2) is 12.4 Å². The van der Waals surface area contributed by atoms with Crippen LogP contribution in [0.3, 0.4) is 0 Å². The summed E-state index contributed by atoms with van der Waals surface area (Å²) in [6, 6.07) is 3.05. The summed E-state index contributed by atoms with van der Waals surface area (Å²) in [5.74, 6) is -0.148. The number of carbonyl (C=O) groups excluding carboxylic acids is 1. The fourth-order valence-electron chi connectivity index (χ4n) is 2.31. The Hall–Kier alpha value is -1.58. The van der Waals surface area contributed by atoms with Crippen molar-refractivity contribution in [2.45, 2.75) is 46.6 Å². The van der Waals surface area contributed by atoms with Crippen LogP contribution >= 0.6 is 0 Å². The molecule has 18 heavy (non-hydrogen) atoms. The predicted octanol–water partition coefficient (Wildman–Crippen LogP) is 2.26. The normalized spacial score (nSPS) is 12.3. The van der Waals surface area contributed by atoms with Crippen molar-refractivity contribution < 1.29 is 9.52 Å². The van der Waals surface area contributed by atoms with Crippen LogP contribution in [-0.4, -0.2) is 11.4 Å². The first-order valence-corrected chi connectivity index (χ1v) is 6.10. The quantitative estimate of drug-likeness (QED) is 0.661. The van der Waals surface area contributed by atoms with Crippen LogP contribution in [0.2, 0.25) is 0 Å². The Morgan fingerprint density at radius 3 is 2.17 bits per heavy atom. The van der Waals surface area contributed by atoms with Gasteiger partial charge in [-0.3, -0.25) is 4.79 Å². The average Bonchev–Trinajstić information content (AvgIpc) is 2.13. The Kier molecular flexibility index (Phi) is 3.99. The third-order valence-electron chi connectivity index (χ3n) is 2.49. The average molecular weight is 250 g/mol. The van der Waals surface area contributed by atoms with E-state index in [0.29, 0.717) is 10.3 Å². The number of aromatic nitrogens is 1. The van der Waals surface area contributed by atoms with Gasteiger partial charge in [0.25, 0.3) is 5.91 Å². The number of rotatable bonds is 3. The zero-order chi connectivity index (χ0) is 14.0. The maximum atomic E-state index is 12.0. The minimum absolute atomic E-state index is 0.144. The molecule has 1 N–H and O–H groups in total. The zero-order valence-electron chi connectivity index (χ0n) is 11.8. The van der Waals surface area contributed by atoms with Crippen LogP contribution in [0.4, 0.5) is 0 Å². The van der Waals surface area contributed by atoms with Crippen molar-refractivity contribution in [3.63, 3.8) is 0 Å². The fraction of sp³-hybridized carbons (Fsp3) is 0.571. The monoisotopic (exact) mass is 250 g/mol. The van der Waals surface area contributed by atoms with Crippen LogP contribution < -0.4 is 10.0 Å². The molecule has 0 bridgehead atoms. The van der Waals surface area contributed by atoms with Crippen LogP contribution in [-0.2, 0) is 0 Å². The van der Waals surface area contributed by atoms with E-state index in [-0.39, 0.29) is 16.9 Å². The summed E-state index contributed by atoms with van der Waals surface area (Å²) in [5, 5.41) is 13.9. The molecule has 0 radical (unpaired) electrons. The molecule has 0 aliphatic rings. The highest BCUT2D eigenvalue weighted by Crippen LogP contribution is 2.26. The molecule has 0 aliphatic heterocycles. The largest absolute Gasteiger partial charge is 0.619 e. The lowest BCUT2D eigenvalue weighted by Crippen LogP contribution is -2.46.